The minimum absolute atomic E-state index is 0.0338. The molecular weight excluding hydrogens is 294 g/mol. The number of amides is 2. The van der Waals surface area contributed by atoms with Crippen LogP contribution in [0.15, 0.2) is 42.7 Å². The molecule has 23 heavy (non-hydrogen) atoms. The Hall–Kier alpha value is -2.41. The van der Waals surface area contributed by atoms with E-state index in [1.807, 2.05) is 41.4 Å². The van der Waals surface area contributed by atoms with Crippen LogP contribution in [0.2, 0.25) is 0 Å². The Morgan fingerprint density at radius 3 is 2.87 bits per heavy atom. The molecular formula is C16H19N5O2. The van der Waals surface area contributed by atoms with E-state index in [0.717, 1.165) is 24.9 Å². The van der Waals surface area contributed by atoms with E-state index in [4.69, 9.17) is 4.84 Å². The molecule has 0 unspecified atom stereocenters. The van der Waals surface area contributed by atoms with Gasteiger partial charge in [-0.3, -0.25) is 9.52 Å². The van der Waals surface area contributed by atoms with Gasteiger partial charge in [-0.2, -0.15) is 5.06 Å². The number of hydrogen-bond donors (Lipinski definition) is 0. The summed E-state index contributed by atoms with van der Waals surface area (Å²) in [5, 5.41) is 9.38. The smallest absolute Gasteiger partial charge is 0.316 e. The van der Waals surface area contributed by atoms with Crippen LogP contribution in [0.4, 0.5) is 4.79 Å². The van der Waals surface area contributed by atoms with E-state index in [1.54, 1.807) is 15.9 Å². The summed E-state index contributed by atoms with van der Waals surface area (Å²) < 4.78 is 1.78. The minimum atomic E-state index is -0.0338. The van der Waals surface area contributed by atoms with Crippen LogP contribution >= 0.6 is 0 Å². The van der Waals surface area contributed by atoms with Crippen molar-refractivity contribution in [1.29, 1.82) is 0 Å². The van der Waals surface area contributed by atoms with Crippen molar-refractivity contribution in [2.75, 3.05) is 6.54 Å². The summed E-state index contributed by atoms with van der Waals surface area (Å²) >= 11 is 0. The highest BCUT2D eigenvalue weighted by atomic mass is 16.7. The van der Waals surface area contributed by atoms with E-state index in [1.165, 1.54) is 0 Å². The van der Waals surface area contributed by atoms with E-state index in [2.05, 4.69) is 10.3 Å². The van der Waals surface area contributed by atoms with Gasteiger partial charge in [-0.25, -0.2) is 4.79 Å². The van der Waals surface area contributed by atoms with E-state index in [0.29, 0.717) is 13.2 Å². The monoisotopic (exact) mass is 313 g/mol. The predicted octanol–water partition coefficient (Wildman–Crippen LogP) is 1.68. The number of fused-ring (bicyclic) bond motifs is 2. The number of carbonyl (C=O) groups excluding carboxylic acids is 1. The SMILES string of the molecule is O=C1N2C[C@@H](CC[C@H]2Cn2ccnn2)N1OCc1ccccc1. The van der Waals surface area contributed by atoms with Crippen molar-refractivity contribution in [3.63, 3.8) is 0 Å². The van der Waals surface area contributed by atoms with E-state index in [9.17, 15) is 4.79 Å². The summed E-state index contributed by atoms with van der Waals surface area (Å²) in [4.78, 5) is 20.3. The number of hydrogen-bond acceptors (Lipinski definition) is 4. The molecule has 0 radical (unpaired) electrons. The molecule has 2 atom stereocenters. The molecule has 4 rings (SSSR count). The van der Waals surface area contributed by atoms with Crippen molar-refractivity contribution in [3.05, 3.63) is 48.3 Å². The number of rotatable bonds is 5. The lowest BCUT2D eigenvalue weighted by Crippen LogP contribution is -2.42. The summed E-state index contributed by atoms with van der Waals surface area (Å²) in [6, 6.07) is 10.2. The topological polar surface area (TPSA) is 63.5 Å². The Bertz CT molecular complexity index is 660. The third kappa shape index (κ3) is 2.79. The zero-order valence-corrected chi connectivity index (χ0v) is 12.8. The Morgan fingerprint density at radius 1 is 1.22 bits per heavy atom. The number of carbonyl (C=O) groups is 1. The molecule has 7 heteroatoms. The third-order valence-electron chi connectivity index (χ3n) is 4.53. The largest absolute Gasteiger partial charge is 0.344 e. The van der Waals surface area contributed by atoms with Crippen molar-refractivity contribution in [3.8, 4) is 0 Å². The molecule has 2 saturated heterocycles. The highest BCUT2D eigenvalue weighted by Crippen LogP contribution is 2.31. The second kappa shape index (κ2) is 6.00. The number of piperidine rings is 1. The zero-order chi connectivity index (χ0) is 15.6. The Labute approximate surface area is 134 Å². The third-order valence-corrected chi connectivity index (χ3v) is 4.53. The summed E-state index contributed by atoms with van der Waals surface area (Å²) in [5.41, 5.74) is 1.07. The van der Waals surface area contributed by atoms with Crippen LogP contribution in [0.3, 0.4) is 0 Å². The quantitative estimate of drug-likeness (QED) is 0.842. The lowest BCUT2D eigenvalue weighted by Gasteiger charge is -2.30. The van der Waals surface area contributed by atoms with Crippen LogP contribution in [-0.2, 0) is 18.0 Å². The Balaban J connectivity index is 1.41. The van der Waals surface area contributed by atoms with Gasteiger partial charge in [0.2, 0.25) is 0 Å². The highest BCUT2D eigenvalue weighted by Gasteiger charge is 2.45. The van der Waals surface area contributed by atoms with Crippen molar-refractivity contribution >= 4 is 6.03 Å². The molecule has 0 aliphatic carbocycles. The van der Waals surface area contributed by atoms with Crippen molar-refractivity contribution in [2.45, 2.75) is 38.1 Å². The average Bonchev–Trinajstić information content (AvgIpc) is 3.17. The molecule has 7 nitrogen and oxygen atoms in total. The van der Waals surface area contributed by atoms with Gasteiger partial charge in [-0.05, 0) is 18.4 Å². The van der Waals surface area contributed by atoms with E-state index >= 15 is 0 Å². The van der Waals surface area contributed by atoms with E-state index in [-0.39, 0.29) is 18.1 Å². The first-order valence-electron chi connectivity index (χ1n) is 7.92. The molecule has 2 fully saturated rings. The predicted molar refractivity (Wildman–Crippen MR) is 82.0 cm³/mol. The number of hydroxylamine groups is 2. The Morgan fingerprint density at radius 2 is 2.09 bits per heavy atom. The van der Waals surface area contributed by atoms with Gasteiger partial charge in [0.25, 0.3) is 0 Å². The second-order valence-corrected chi connectivity index (χ2v) is 6.03. The van der Waals surface area contributed by atoms with Gasteiger partial charge in [-0.1, -0.05) is 35.5 Å². The van der Waals surface area contributed by atoms with Gasteiger partial charge in [0, 0.05) is 12.7 Å². The molecule has 1 aromatic carbocycles. The molecule has 2 amide bonds. The minimum Gasteiger partial charge on any atom is -0.316 e. The van der Waals surface area contributed by atoms with Gasteiger partial charge in [0.1, 0.15) is 6.61 Å². The molecule has 0 N–H and O–H groups in total. The highest BCUT2D eigenvalue weighted by molar-refractivity contribution is 5.76. The first kappa shape index (κ1) is 14.2. The first-order chi connectivity index (χ1) is 11.3. The van der Waals surface area contributed by atoms with Crippen molar-refractivity contribution in [1.82, 2.24) is 25.0 Å². The molecule has 2 bridgehead atoms. The number of urea groups is 1. The lowest BCUT2D eigenvalue weighted by molar-refractivity contribution is -0.140. The van der Waals surface area contributed by atoms with Crippen LogP contribution < -0.4 is 0 Å². The molecule has 3 heterocycles. The maximum atomic E-state index is 12.6. The second-order valence-electron chi connectivity index (χ2n) is 6.03. The van der Waals surface area contributed by atoms with Crippen LogP contribution in [-0.4, -0.2) is 49.6 Å². The molecule has 2 aliphatic heterocycles. The van der Waals surface area contributed by atoms with Gasteiger partial charge >= 0.3 is 6.03 Å². The number of aromatic nitrogens is 3. The normalized spacial score (nSPS) is 23.6. The van der Waals surface area contributed by atoms with Crippen LogP contribution in [0.5, 0.6) is 0 Å². The number of benzene rings is 1. The van der Waals surface area contributed by atoms with Gasteiger partial charge in [0.15, 0.2) is 0 Å². The van der Waals surface area contributed by atoms with Gasteiger partial charge in [-0.15, -0.1) is 5.10 Å². The fraction of sp³-hybridized carbons (Fsp3) is 0.438. The molecule has 0 spiro atoms. The standard InChI is InChI=1S/C16H19N5O2/c22-16-20-11-15(7-6-14(20)10-19-9-8-17-18-19)21(16)23-12-13-4-2-1-3-5-13/h1-5,8-9,14-15H,6-7,10-12H2/t14-,15+/m0/s1. The van der Waals surface area contributed by atoms with Gasteiger partial charge in [0.05, 0.1) is 24.8 Å². The molecule has 0 saturated carbocycles. The van der Waals surface area contributed by atoms with Crippen molar-refractivity contribution in [2.24, 2.45) is 0 Å². The van der Waals surface area contributed by atoms with Crippen molar-refractivity contribution < 1.29 is 9.63 Å². The molecule has 1 aromatic heterocycles. The maximum Gasteiger partial charge on any atom is 0.344 e. The van der Waals surface area contributed by atoms with Crippen LogP contribution in [0.1, 0.15) is 18.4 Å². The molecule has 2 aromatic rings. The first-order valence-corrected chi connectivity index (χ1v) is 7.92. The molecule has 2 aliphatic rings. The fourth-order valence-electron chi connectivity index (χ4n) is 3.33. The summed E-state index contributed by atoms with van der Waals surface area (Å²) in [5.74, 6) is 0. The fourth-order valence-corrected chi connectivity index (χ4v) is 3.33. The average molecular weight is 313 g/mol. The summed E-state index contributed by atoms with van der Waals surface area (Å²) in [7, 11) is 0. The van der Waals surface area contributed by atoms with Gasteiger partial charge < -0.3 is 4.90 Å². The molecule has 120 valence electrons. The maximum absolute atomic E-state index is 12.6. The summed E-state index contributed by atoms with van der Waals surface area (Å²) in [6.07, 6.45) is 5.40. The van der Waals surface area contributed by atoms with Crippen LogP contribution in [0.25, 0.3) is 0 Å². The number of nitrogens with zero attached hydrogens (tertiary/aromatic N) is 5. The Kier molecular flexibility index (Phi) is 3.70. The van der Waals surface area contributed by atoms with E-state index < -0.39 is 0 Å². The summed E-state index contributed by atoms with van der Waals surface area (Å²) in [6.45, 7) is 1.84. The lowest BCUT2D eigenvalue weighted by atomic mass is 10.0. The zero-order valence-electron chi connectivity index (χ0n) is 12.8. The van der Waals surface area contributed by atoms with Crippen LogP contribution in [0, 0.1) is 0 Å².